The lowest BCUT2D eigenvalue weighted by Gasteiger charge is -2.29. The lowest BCUT2D eigenvalue weighted by molar-refractivity contribution is -0.141. The number of nitrogens with zero attached hydrogens (tertiary/aromatic N) is 1. The third-order valence-corrected chi connectivity index (χ3v) is 5.15. The maximum Gasteiger partial charge on any atom is 0.323 e. The van der Waals surface area contributed by atoms with Gasteiger partial charge in [-0.15, -0.1) is 0 Å². The lowest BCUT2D eigenvalue weighted by Crippen LogP contribution is -2.55. The molecule has 28 heavy (non-hydrogen) atoms. The first-order chi connectivity index (χ1) is 13.5. The molecule has 0 aliphatic carbocycles. The van der Waals surface area contributed by atoms with Crippen molar-refractivity contribution in [2.45, 2.75) is 31.3 Å². The number of aliphatic carboxylic acids is 2. The van der Waals surface area contributed by atoms with Crippen LogP contribution in [0, 0.1) is 5.92 Å². The highest BCUT2D eigenvalue weighted by Crippen LogP contribution is 2.31. The molecule has 1 amide bonds. The van der Waals surface area contributed by atoms with E-state index >= 15 is 0 Å². The first-order valence-corrected chi connectivity index (χ1v) is 9.40. The Hall–Kier alpha value is -2.65. The summed E-state index contributed by atoms with van der Waals surface area (Å²) in [5.74, 6) is -2.05. The van der Waals surface area contributed by atoms with E-state index in [4.69, 9.17) is 4.74 Å². The van der Waals surface area contributed by atoms with Crippen LogP contribution in [0.4, 0.5) is 5.69 Å². The number of rotatable bonds is 7. The number of nitrogens with one attached hydrogen (secondary N) is 2. The molecule has 2 heterocycles. The zero-order chi connectivity index (χ0) is 20.1. The number of fused-ring (bicyclic) bond motifs is 1. The number of ether oxygens (including phenoxy) is 1. The Kier molecular flexibility index (Phi) is 6.48. The molecule has 0 aromatic heterocycles. The molecule has 4 N–H and O–H groups in total. The van der Waals surface area contributed by atoms with Gasteiger partial charge in [0.15, 0.2) is 0 Å². The standard InChI is InChI=1S/C19H25N3O6/c23-17(24)10-22-15-3-1-2-4-16(15)28-11-14(18(22)25)21-13(19(26)27)9-12-5-7-20-8-6-12/h1-4,12-14,20-21H,5-11H2,(H,23,24)(H,26,27)/t13-,14?/m0/s1. The van der Waals surface area contributed by atoms with Crippen LogP contribution in [-0.2, 0) is 14.4 Å². The Balaban J connectivity index is 1.77. The number of anilines is 1. The highest BCUT2D eigenvalue weighted by molar-refractivity contribution is 6.02. The molecule has 9 nitrogen and oxygen atoms in total. The van der Waals surface area contributed by atoms with Gasteiger partial charge < -0.3 is 20.3 Å². The van der Waals surface area contributed by atoms with Crippen molar-refractivity contribution in [3.05, 3.63) is 24.3 Å². The van der Waals surface area contributed by atoms with Crippen LogP contribution in [-0.4, -0.2) is 66.4 Å². The van der Waals surface area contributed by atoms with Gasteiger partial charge in [0.05, 0.1) is 5.69 Å². The normalized spacial score (nSPS) is 21.4. The number of carbonyl (C=O) groups is 3. The number of para-hydroxylation sites is 2. The second-order valence-corrected chi connectivity index (χ2v) is 7.14. The minimum Gasteiger partial charge on any atom is -0.489 e. The maximum absolute atomic E-state index is 13.0. The molecule has 9 heteroatoms. The van der Waals surface area contributed by atoms with Crippen molar-refractivity contribution in [3.63, 3.8) is 0 Å². The fourth-order valence-corrected chi connectivity index (χ4v) is 3.70. The molecule has 0 bridgehead atoms. The van der Waals surface area contributed by atoms with E-state index in [1.165, 1.54) is 0 Å². The van der Waals surface area contributed by atoms with E-state index in [-0.39, 0.29) is 12.5 Å². The Morgan fingerprint density at radius 1 is 1.25 bits per heavy atom. The Bertz CT molecular complexity index is 734. The van der Waals surface area contributed by atoms with Gasteiger partial charge >= 0.3 is 11.9 Å². The van der Waals surface area contributed by atoms with Crippen molar-refractivity contribution in [1.82, 2.24) is 10.6 Å². The third-order valence-electron chi connectivity index (χ3n) is 5.15. The van der Waals surface area contributed by atoms with Gasteiger partial charge in [0.1, 0.15) is 31.0 Å². The van der Waals surface area contributed by atoms with Crippen LogP contribution in [0.15, 0.2) is 24.3 Å². The van der Waals surface area contributed by atoms with Crippen LogP contribution in [0.2, 0.25) is 0 Å². The molecule has 1 unspecified atom stereocenters. The zero-order valence-electron chi connectivity index (χ0n) is 15.5. The number of hydrogen-bond donors (Lipinski definition) is 4. The molecule has 1 aromatic rings. The summed E-state index contributed by atoms with van der Waals surface area (Å²) in [6.45, 7) is 1.11. The highest BCUT2D eigenvalue weighted by atomic mass is 16.5. The minimum absolute atomic E-state index is 0.0675. The summed E-state index contributed by atoms with van der Waals surface area (Å²) in [7, 11) is 0. The van der Waals surface area contributed by atoms with Gasteiger partial charge in [-0.1, -0.05) is 12.1 Å². The van der Waals surface area contributed by atoms with E-state index in [2.05, 4.69) is 10.6 Å². The number of carboxylic acids is 2. The first-order valence-electron chi connectivity index (χ1n) is 9.40. The molecule has 2 aliphatic heterocycles. The topological polar surface area (TPSA) is 128 Å². The van der Waals surface area contributed by atoms with Gasteiger partial charge in [0.25, 0.3) is 0 Å². The Labute approximate surface area is 162 Å². The van der Waals surface area contributed by atoms with E-state index in [9.17, 15) is 24.6 Å². The molecular weight excluding hydrogens is 366 g/mol. The predicted octanol–water partition coefficient (Wildman–Crippen LogP) is 0.298. The fraction of sp³-hybridized carbons (Fsp3) is 0.526. The van der Waals surface area contributed by atoms with Gasteiger partial charge in [0.2, 0.25) is 5.91 Å². The van der Waals surface area contributed by atoms with E-state index in [1.54, 1.807) is 24.3 Å². The molecule has 2 atom stereocenters. The number of benzene rings is 1. The van der Waals surface area contributed by atoms with Crippen LogP contribution < -0.4 is 20.3 Å². The smallest absolute Gasteiger partial charge is 0.323 e. The van der Waals surface area contributed by atoms with E-state index in [1.807, 2.05) is 0 Å². The van der Waals surface area contributed by atoms with Crippen molar-refractivity contribution >= 4 is 23.5 Å². The van der Waals surface area contributed by atoms with Gasteiger partial charge in [-0.2, -0.15) is 0 Å². The molecule has 0 spiro atoms. The first kappa shape index (κ1) is 20.1. The number of hydrogen-bond acceptors (Lipinski definition) is 6. The monoisotopic (exact) mass is 391 g/mol. The average Bonchev–Trinajstić information content (AvgIpc) is 2.80. The summed E-state index contributed by atoms with van der Waals surface area (Å²) in [5.41, 5.74) is 0.365. The molecule has 0 saturated carbocycles. The predicted molar refractivity (Wildman–Crippen MR) is 100 cm³/mol. The summed E-state index contributed by atoms with van der Waals surface area (Å²) < 4.78 is 5.69. The largest absolute Gasteiger partial charge is 0.489 e. The lowest BCUT2D eigenvalue weighted by atomic mass is 9.90. The fourth-order valence-electron chi connectivity index (χ4n) is 3.70. The Morgan fingerprint density at radius 2 is 1.96 bits per heavy atom. The summed E-state index contributed by atoms with van der Waals surface area (Å²) in [5, 5.41) is 25.0. The highest BCUT2D eigenvalue weighted by Gasteiger charge is 2.36. The third kappa shape index (κ3) is 4.79. The summed E-state index contributed by atoms with van der Waals surface area (Å²) >= 11 is 0. The molecule has 0 radical (unpaired) electrons. The molecule has 1 saturated heterocycles. The van der Waals surface area contributed by atoms with Gasteiger partial charge in [0, 0.05) is 0 Å². The van der Waals surface area contributed by atoms with Crippen LogP contribution >= 0.6 is 0 Å². The number of carbonyl (C=O) groups excluding carboxylic acids is 1. The van der Waals surface area contributed by atoms with E-state index in [0.717, 1.165) is 30.8 Å². The molecular formula is C19H25N3O6. The summed E-state index contributed by atoms with van der Waals surface area (Å²) in [6.07, 6.45) is 2.18. The number of piperidine rings is 1. The van der Waals surface area contributed by atoms with Gasteiger partial charge in [-0.25, -0.2) is 0 Å². The second-order valence-electron chi connectivity index (χ2n) is 7.14. The van der Waals surface area contributed by atoms with Crippen molar-refractivity contribution < 1.29 is 29.3 Å². The van der Waals surface area contributed by atoms with E-state index in [0.29, 0.717) is 17.9 Å². The molecule has 3 rings (SSSR count). The van der Waals surface area contributed by atoms with Crippen molar-refractivity contribution in [2.24, 2.45) is 5.92 Å². The number of carboxylic acid groups (broad SMARTS) is 2. The molecule has 1 fully saturated rings. The Morgan fingerprint density at radius 3 is 2.64 bits per heavy atom. The maximum atomic E-state index is 13.0. The van der Waals surface area contributed by atoms with Crippen molar-refractivity contribution in [3.8, 4) is 5.75 Å². The molecule has 152 valence electrons. The van der Waals surface area contributed by atoms with Gasteiger partial charge in [-0.05, 0) is 50.4 Å². The molecule has 2 aliphatic rings. The van der Waals surface area contributed by atoms with Crippen LogP contribution in [0.5, 0.6) is 5.75 Å². The molecule has 1 aromatic carbocycles. The summed E-state index contributed by atoms with van der Waals surface area (Å²) in [4.78, 5) is 37.2. The minimum atomic E-state index is -1.16. The van der Waals surface area contributed by atoms with E-state index < -0.39 is 36.5 Å². The van der Waals surface area contributed by atoms with Crippen LogP contribution in [0.25, 0.3) is 0 Å². The van der Waals surface area contributed by atoms with Gasteiger partial charge in [-0.3, -0.25) is 24.6 Å². The zero-order valence-corrected chi connectivity index (χ0v) is 15.5. The van der Waals surface area contributed by atoms with Crippen molar-refractivity contribution in [2.75, 3.05) is 31.1 Å². The quantitative estimate of drug-likeness (QED) is 0.522. The number of amides is 1. The average molecular weight is 391 g/mol. The van der Waals surface area contributed by atoms with Crippen LogP contribution in [0.3, 0.4) is 0 Å². The van der Waals surface area contributed by atoms with Crippen LogP contribution in [0.1, 0.15) is 19.3 Å². The van der Waals surface area contributed by atoms with Crippen molar-refractivity contribution in [1.29, 1.82) is 0 Å². The summed E-state index contributed by atoms with van der Waals surface area (Å²) in [6, 6.07) is 4.83. The SMILES string of the molecule is O=C(O)CN1C(=O)C(N[C@@H](CC2CCNCC2)C(=O)O)COc2ccccc21. The second kappa shape index (κ2) is 9.03.